The van der Waals surface area contributed by atoms with Crippen LogP contribution in [0.15, 0.2) is 43.0 Å². The average Bonchev–Trinajstić information content (AvgIpc) is 3.14. The van der Waals surface area contributed by atoms with Gasteiger partial charge >= 0.3 is 0 Å². The zero-order chi connectivity index (χ0) is 17.5. The molecule has 25 heavy (non-hydrogen) atoms. The Bertz CT molecular complexity index is 668. The zero-order valence-corrected chi connectivity index (χ0v) is 15.0. The number of nitrogens with one attached hydrogen (secondary N) is 1. The second kappa shape index (κ2) is 8.81. The molecule has 1 aliphatic rings. The molecule has 1 aliphatic heterocycles. The smallest absolute Gasteiger partial charge is 0.225 e. The molecule has 3 rings (SSSR count). The Labute approximate surface area is 150 Å². The molecule has 1 amide bonds. The lowest BCUT2D eigenvalue weighted by molar-refractivity contribution is -0.116. The van der Waals surface area contributed by atoms with Crippen molar-refractivity contribution in [1.82, 2.24) is 14.5 Å². The summed E-state index contributed by atoms with van der Waals surface area (Å²) in [5.41, 5.74) is 2.14. The summed E-state index contributed by atoms with van der Waals surface area (Å²) in [6.07, 6.45) is 9.69. The van der Waals surface area contributed by atoms with Gasteiger partial charge in [-0.05, 0) is 43.4 Å². The highest BCUT2D eigenvalue weighted by Crippen LogP contribution is 2.19. The minimum absolute atomic E-state index is 0.109. The van der Waals surface area contributed by atoms with Gasteiger partial charge in [-0.1, -0.05) is 25.1 Å². The van der Waals surface area contributed by atoms with Crippen molar-refractivity contribution in [3.8, 4) is 0 Å². The number of piperidine rings is 1. The number of nitrogens with zero attached hydrogens (tertiary/aromatic N) is 3. The first-order chi connectivity index (χ1) is 12.2. The maximum absolute atomic E-state index is 12.3. The Hall–Kier alpha value is -2.14. The third-order valence-electron chi connectivity index (χ3n) is 4.96. The van der Waals surface area contributed by atoms with Gasteiger partial charge in [-0.25, -0.2) is 4.98 Å². The van der Waals surface area contributed by atoms with Crippen LogP contribution in [-0.4, -0.2) is 40.0 Å². The summed E-state index contributed by atoms with van der Waals surface area (Å²) in [6, 6.07) is 8.04. The predicted octanol–water partition coefficient (Wildman–Crippen LogP) is 3.19. The molecule has 1 N–H and O–H groups in total. The van der Waals surface area contributed by atoms with Gasteiger partial charge in [0.2, 0.25) is 5.91 Å². The summed E-state index contributed by atoms with van der Waals surface area (Å²) in [7, 11) is 0. The number of aromatic nitrogens is 2. The molecule has 0 bridgehead atoms. The monoisotopic (exact) mass is 340 g/mol. The minimum Gasteiger partial charge on any atom is -0.337 e. The lowest BCUT2D eigenvalue weighted by Crippen LogP contribution is -2.38. The summed E-state index contributed by atoms with van der Waals surface area (Å²) in [5.74, 6) is 0.754. The molecular formula is C20H28N4O. The van der Waals surface area contributed by atoms with E-state index in [9.17, 15) is 4.79 Å². The molecule has 1 aromatic carbocycles. The maximum atomic E-state index is 12.3. The normalized spacial score (nSPS) is 18.2. The summed E-state index contributed by atoms with van der Waals surface area (Å²) in [4.78, 5) is 18.9. The average molecular weight is 340 g/mol. The number of benzene rings is 1. The van der Waals surface area contributed by atoms with Crippen molar-refractivity contribution >= 4 is 11.6 Å². The van der Waals surface area contributed by atoms with Crippen molar-refractivity contribution in [2.75, 3.05) is 25.0 Å². The highest BCUT2D eigenvalue weighted by molar-refractivity contribution is 5.91. The molecule has 1 aromatic heterocycles. The molecule has 0 unspecified atom stereocenters. The Kier molecular flexibility index (Phi) is 6.23. The summed E-state index contributed by atoms with van der Waals surface area (Å²) in [5, 5.41) is 3.07. The van der Waals surface area contributed by atoms with E-state index in [0.29, 0.717) is 12.3 Å². The van der Waals surface area contributed by atoms with Gasteiger partial charge in [0.15, 0.2) is 0 Å². The van der Waals surface area contributed by atoms with E-state index in [1.54, 1.807) is 0 Å². The molecule has 5 heteroatoms. The highest BCUT2D eigenvalue weighted by atomic mass is 16.1. The lowest BCUT2D eigenvalue weighted by Gasteiger charge is -2.32. The standard InChI is InChI=1S/C20H28N4O/c1-2-18-7-3-4-8-19(18)22-20(25)9-12-23-11-5-6-17(14-23)15-24-13-10-21-16-24/h3-4,7-8,10,13,16-17H,2,5-6,9,11-12,14-15H2,1H3,(H,22,25)/t17-/m1/s1. The van der Waals surface area contributed by atoms with Gasteiger partial charge in [-0.2, -0.15) is 0 Å². The lowest BCUT2D eigenvalue weighted by atomic mass is 9.98. The topological polar surface area (TPSA) is 50.2 Å². The van der Waals surface area contributed by atoms with Gasteiger partial charge in [0.1, 0.15) is 0 Å². The number of anilines is 1. The van der Waals surface area contributed by atoms with Crippen LogP contribution in [0.1, 0.15) is 31.7 Å². The maximum Gasteiger partial charge on any atom is 0.225 e. The molecule has 0 spiro atoms. The van der Waals surface area contributed by atoms with E-state index >= 15 is 0 Å². The van der Waals surface area contributed by atoms with Crippen LogP contribution >= 0.6 is 0 Å². The third-order valence-corrected chi connectivity index (χ3v) is 4.96. The molecule has 0 saturated carbocycles. The van der Waals surface area contributed by atoms with Crippen LogP contribution in [0.25, 0.3) is 0 Å². The Balaban J connectivity index is 1.45. The highest BCUT2D eigenvalue weighted by Gasteiger charge is 2.20. The molecule has 2 heterocycles. The fraction of sp³-hybridized carbons (Fsp3) is 0.500. The number of para-hydroxylation sites is 1. The molecule has 2 aromatic rings. The van der Waals surface area contributed by atoms with Crippen molar-refractivity contribution in [2.45, 2.75) is 39.2 Å². The number of carbonyl (C=O) groups is 1. The molecule has 0 radical (unpaired) electrons. The van der Waals surface area contributed by atoms with E-state index in [-0.39, 0.29) is 5.91 Å². The van der Waals surface area contributed by atoms with Crippen LogP contribution in [0.4, 0.5) is 5.69 Å². The summed E-state index contributed by atoms with van der Waals surface area (Å²) >= 11 is 0. The van der Waals surface area contributed by atoms with Crippen LogP contribution in [0, 0.1) is 5.92 Å². The van der Waals surface area contributed by atoms with Gasteiger partial charge < -0.3 is 14.8 Å². The molecular weight excluding hydrogens is 312 g/mol. The van der Waals surface area contributed by atoms with Crippen LogP contribution in [0.3, 0.4) is 0 Å². The molecule has 1 fully saturated rings. The molecule has 1 saturated heterocycles. The van der Waals surface area contributed by atoms with E-state index in [0.717, 1.165) is 38.3 Å². The fourth-order valence-corrected chi connectivity index (χ4v) is 3.62. The Morgan fingerprint density at radius 1 is 1.36 bits per heavy atom. The number of hydrogen-bond acceptors (Lipinski definition) is 3. The summed E-state index contributed by atoms with van der Waals surface area (Å²) < 4.78 is 2.16. The van der Waals surface area contributed by atoms with Gasteiger partial charge in [-0.3, -0.25) is 4.79 Å². The van der Waals surface area contributed by atoms with Crippen LogP contribution < -0.4 is 5.32 Å². The summed E-state index contributed by atoms with van der Waals surface area (Å²) in [6.45, 7) is 6.13. The number of aryl methyl sites for hydroxylation is 1. The Morgan fingerprint density at radius 3 is 3.04 bits per heavy atom. The van der Waals surface area contributed by atoms with Crippen molar-refractivity contribution in [3.05, 3.63) is 48.5 Å². The van der Waals surface area contributed by atoms with Crippen molar-refractivity contribution in [2.24, 2.45) is 5.92 Å². The van der Waals surface area contributed by atoms with Crippen molar-refractivity contribution in [3.63, 3.8) is 0 Å². The van der Waals surface area contributed by atoms with E-state index in [1.165, 1.54) is 18.4 Å². The van der Waals surface area contributed by atoms with Crippen molar-refractivity contribution in [1.29, 1.82) is 0 Å². The number of likely N-dealkylation sites (tertiary alicyclic amines) is 1. The van der Waals surface area contributed by atoms with Crippen LogP contribution in [0.5, 0.6) is 0 Å². The van der Waals surface area contributed by atoms with Gasteiger partial charge in [0, 0.05) is 44.1 Å². The van der Waals surface area contributed by atoms with Gasteiger partial charge in [0.25, 0.3) is 0 Å². The molecule has 0 aliphatic carbocycles. The number of hydrogen-bond donors (Lipinski definition) is 1. The predicted molar refractivity (Wildman–Crippen MR) is 100 cm³/mol. The number of rotatable bonds is 7. The van der Waals surface area contributed by atoms with Gasteiger partial charge in [-0.15, -0.1) is 0 Å². The molecule has 5 nitrogen and oxygen atoms in total. The van der Waals surface area contributed by atoms with E-state index in [2.05, 4.69) is 32.8 Å². The van der Waals surface area contributed by atoms with E-state index in [4.69, 9.17) is 0 Å². The molecule has 1 atom stereocenters. The van der Waals surface area contributed by atoms with Crippen LogP contribution in [0.2, 0.25) is 0 Å². The van der Waals surface area contributed by atoms with Crippen molar-refractivity contribution < 1.29 is 4.79 Å². The van der Waals surface area contributed by atoms with E-state index in [1.807, 2.05) is 36.9 Å². The first-order valence-electron chi connectivity index (χ1n) is 9.30. The fourth-order valence-electron chi connectivity index (χ4n) is 3.62. The SMILES string of the molecule is CCc1ccccc1NC(=O)CCN1CCC[C@@H](Cn2ccnc2)C1. The zero-order valence-electron chi connectivity index (χ0n) is 15.0. The minimum atomic E-state index is 0.109. The van der Waals surface area contributed by atoms with E-state index < -0.39 is 0 Å². The number of imidazole rings is 1. The molecule has 134 valence electrons. The van der Waals surface area contributed by atoms with Gasteiger partial charge in [0.05, 0.1) is 6.33 Å². The quantitative estimate of drug-likeness (QED) is 0.842. The second-order valence-corrected chi connectivity index (χ2v) is 6.88. The third kappa shape index (κ3) is 5.16. The first-order valence-corrected chi connectivity index (χ1v) is 9.30. The van der Waals surface area contributed by atoms with Crippen LogP contribution in [-0.2, 0) is 17.8 Å². The first kappa shape index (κ1) is 17.7. The number of carbonyl (C=O) groups excluding carboxylic acids is 1. The number of amides is 1. The second-order valence-electron chi connectivity index (χ2n) is 6.88. The Morgan fingerprint density at radius 2 is 2.24 bits per heavy atom. The largest absolute Gasteiger partial charge is 0.337 e.